The van der Waals surface area contributed by atoms with Crippen molar-refractivity contribution < 1.29 is 4.79 Å². The summed E-state index contributed by atoms with van der Waals surface area (Å²) in [6.07, 6.45) is 2.29. The number of amides is 1. The Bertz CT molecular complexity index is 302. The highest BCUT2D eigenvalue weighted by atomic mass is 16.2. The SMILES string of the molecule is [N-]=[N+]=NC(=O)c1ncncn1. The van der Waals surface area contributed by atoms with E-state index in [0.29, 0.717) is 0 Å². The summed E-state index contributed by atoms with van der Waals surface area (Å²) in [6, 6.07) is 0. The van der Waals surface area contributed by atoms with Gasteiger partial charge in [-0.2, -0.15) is 0 Å². The summed E-state index contributed by atoms with van der Waals surface area (Å²) in [5, 5.41) is 2.78. The third-order valence-corrected chi connectivity index (χ3v) is 0.820. The Labute approximate surface area is 60.8 Å². The van der Waals surface area contributed by atoms with Crippen LogP contribution in [0.4, 0.5) is 0 Å². The zero-order valence-corrected chi connectivity index (χ0v) is 5.25. The molecule has 0 radical (unpaired) electrons. The topological polar surface area (TPSA) is 105 Å². The number of hydrogen-bond donors (Lipinski definition) is 0. The van der Waals surface area contributed by atoms with Crippen LogP contribution in [-0.2, 0) is 0 Å². The van der Waals surface area contributed by atoms with Crippen LogP contribution < -0.4 is 0 Å². The molecule has 0 spiro atoms. The largest absolute Gasteiger partial charge is 0.286 e. The number of aromatic nitrogens is 3. The standard InChI is InChI=1S/C4H2N6O/c5-10-9-4(11)3-7-1-6-2-8-3/h1-2H. The number of carbonyl (C=O) groups excluding carboxylic acids is 1. The van der Waals surface area contributed by atoms with Crippen molar-refractivity contribution >= 4 is 5.91 Å². The molecule has 11 heavy (non-hydrogen) atoms. The van der Waals surface area contributed by atoms with E-state index in [1.165, 1.54) is 0 Å². The van der Waals surface area contributed by atoms with E-state index in [0.717, 1.165) is 12.7 Å². The van der Waals surface area contributed by atoms with E-state index >= 15 is 0 Å². The van der Waals surface area contributed by atoms with Gasteiger partial charge in [-0.3, -0.25) is 4.79 Å². The van der Waals surface area contributed by atoms with Crippen LogP contribution in [0.2, 0.25) is 0 Å². The fraction of sp³-hybridized carbons (Fsp3) is 0. The van der Waals surface area contributed by atoms with Crippen LogP contribution in [0, 0.1) is 0 Å². The average Bonchev–Trinajstić information content (AvgIpc) is 2.07. The Morgan fingerprint density at radius 3 is 2.73 bits per heavy atom. The first-order chi connectivity index (χ1) is 5.34. The van der Waals surface area contributed by atoms with Crippen LogP contribution >= 0.6 is 0 Å². The molecule has 0 aliphatic heterocycles. The number of rotatable bonds is 1. The zero-order chi connectivity index (χ0) is 8.10. The van der Waals surface area contributed by atoms with Crippen molar-refractivity contribution in [3.8, 4) is 0 Å². The van der Waals surface area contributed by atoms with E-state index in [1.54, 1.807) is 0 Å². The lowest BCUT2D eigenvalue weighted by molar-refractivity contribution is 0.0990. The summed E-state index contributed by atoms with van der Waals surface area (Å²) in [7, 11) is 0. The Balaban J connectivity index is 2.94. The summed E-state index contributed by atoms with van der Waals surface area (Å²) >= 11 is 0. The molecular formula is C4H2N6O. The van der Waals surface area contributed by atoms with E-state index in [-0.39, 0.29) is 5.82 Å². The molecular weight excluding hydrogens is 148 g/mol. The summed E-state index contributed by atoms with van der Waals surface area (Å²) in [4.78, 5) is 23.4. The molecule has 1 amide bonds. The van der Waals surface area contributed by atoms with Gasteiger partial charge in [0.1, 0.15) is 12.7 Å². The van der Waals surface area contributed by atoms with Gasteiger partial charge < -0.3 is 0 Å². The Hall–Kier alpha value is -2.01. The van der Waals surface area contributed by atoms with Crippen molar-refractivity contribution in [1.82, 2.24) is 15.0 Å². The normalized spacial score (nSPS) is 8.36. The van der Waals surface area contributed by atoms with Gasteiger partial charge in [0, 0.05) is 4.91 Å². The monoisotopic (exact) mass is 150 g/mol. The molecule has 0 aliphatic carbocycles. The van der Waals surface area contributed by atoms with Crippen molar-refractivity contribution in [1.29, 1.82) is 0 Å². The molecule has 0 saturated carbocycles. The molecule has 0 aromatic carbocycles. The summed E-state index contributed by atoms with van der Waals surface area (Å²) < 4.78 is 0. The van der Waals surface area contributed by atoms with Gasteiger partial charge in [-0.1, -0.05) is 0 Å². The lowest BCUT2D eigenvalue weighted by Gasteiger charge is -1.86. The van der Waals surface area contributed by atoms with Crippen LogP contribution in [-0.4, -0.2) is 20.9 Å². The maximum Gasteiger partial charge on any atom is 0.286 e. The van der Waals surface area contributed by atoms with Crippen LogP contribution in [0.15, 0.2) is 17.8 Å². The van der Waals surface area contributed by atoms with Crippen LogP contribution in [0.25, 0.3) is 10.4 Å². The Morgan fingerprint density at radius 1 is 1.55 bits per heavy atom. The quantitative estimate of drug-likeness (QED) is 0.326. The van der Waals surface area contributed by atoms with Gasteiger partial charge in [-0.25, -0.2) is 15.0 Å². The zero-order valence-electron chi connectivity index (χ0n) is 5.25. The van der Waals surface area contributed by atoms with Gasteiger partial charge in [-0.15, -0.1) is 0 Å². The third-order valence-electron chi connectivity index (χ3n) is 0.820. The second-order valence-corrected chi connectivity index (χ2v) is 1.46. The second-order valence-electron chi connectivity index (χ2n) is 1.46. The highest BCUT2D eigenvalue weighted by Crippen LogP contribution is 1.88. The minimum absolute atomic E-state index is 0.155. The Morgan fingerprint density at radius 2 is 2.18 bits per heavy atom. The van der Waals surface area contributed by atoms with Crippen molar-refractivity contribution in [2.45, 2.75) is 0 Å². The van der Waals surface area contributed by atoms with E-state index in [2.05, 4.69) is 25.0 Å². The van der Waals surface area contributed by atoms with Crippen molar-refractivity contribution in [2.24, 2.45) is 5.11 Å². The maximum atomic E-state index is 10.7. The molecule has 1 aromatic rings. The number of azide groups is 1. The highest BCUT2D eigenvalue weighted by Gasteiger charge is 2.03. The van der Waals surface area contributed by atoms with E-state index in [1.807, 2.05) is 0 Å². The van der Waals surface area contributed by atoms with Gasteiger partial charge in [0.15, 0.2) is 0 Å². The molecule has 1 rings (SSSR count). The van der Waals surface area contributed by atoms with Crippen LogP contribution in [0.5, 0.6) is 0 Å². The first kappa shape index (κ1) is 7.10. The molecule has 0 N–H and O–H groups in total. The fourth-order valence-corrected chi connectivity index (χ4v) is 0.435. The predicted octanol–water partition coefficient (Wildman–Crippen LogP) is 0.322. The molecule has 0 bridgehead atoms. The molecule has 7 heteroatoms. The number of hydrogen-bond acceptors (Lipinski definition) is 4. The summed E-state index contributed by atoms with van der Waals surface area (Å²) in [5.41, 5.74) is 7.86. The first-order valence-electron chi connectivity index (χ1n) is 2.56. The highest BCUT2D eigenvalue weighted by molar-refractivity contribution is 5.90. The van der Waals surface area contributed by atoms with Crippen LogP contribution in [0.1, 0.15) is 10.6 Å². The number of nitrogens with zero attached hydrogens (tertiary/aromatic N) is 6. The molecule has 0 aliphatic rings. The molecule has 0 saturated heterocycles. The van der Waals surface area contributed by atoms with Crippen molar-refractivity contribution in [3.05, 3.63) is 28.9 Å². The van der Waals surface area contributed by atoms with Gasteiger partial charge in [0.05, 0.1) is 0 Å². The average molecular weight is 150 g/mol. The van der Waals surface area contributed by atoms with E-state index < -0.39 is 5.91 Å². The summed E-state index contributed by atoms with van der Waals surface area (Å²) in [5.74, 6) is -0.965. The smallest absolute Gasteiger partial charge is 0.283 e. The first-order valence-corrected chi connectivity index (χ1v) is 2.56. The molecule has 0 fully saturated rings. The van der Waals surface area contributed by atoms with E-state index in [9.17, 15) is 4.79 Å². The number of carbonyl (C=O) groups is 1. The minimum atomic E-state index is -0.810. The van der Waals surface area contributed by atoms with Crippen LogP contribution in [0.3, 0.4) is 0 Å². The van der Waals surface area contributed by atoms with Crippen molar-refractivity contribution in [3.63, 3.8) is 0 Å². The molecule has 54 valence electrons. The van der Waals surface area contributed by atoms with Gasteiger partial charge in [0.25, 0.3) is 5.91 Å². The molecule has 7 nitrogen and oxygen atoms in total. The minimum Gasteiger partial charge on any atom is -0.283 e. The predicted molar refractivity (Wildman–Crippen MR) is 33.3 cm³/mol. The molecule has 1 aromatic heterocycles. The lowest BCUT2D eigenvalue weighted by atomic mass is 10.6. The molecule has 1 heterocycles. The van der Waals surface area contributed by atoms with Gasteiger partial charge in [-0.05, 0) is 10.6 Å². The summed E-state index contributed by atoms with van der Waals surface area (Å²) in [6.45, 7) is 0. The Kier molecular flexibility index (Phi) is 2.09. The lowest BCUT2D eigenvalue weighted by Crippen LogP contribution is -2.00. The molecule has 0 unspecified atom stereocenters. The van der Waals surface area contributed by atoms with Crippen molar-refractivity contribution in [2.75, 3.05) is 0 Å². The third kappa shape index (κ3) is 1.70. The van der Waals surface area contributed by atoms with Gasteiger partial charge >= 0.3 is 0 Å². The van der Waals surface area contributed by atoms with Gasteiger partial charge in [0.2, 0.25) is 5.82 Å². The molecule has 0 atom stereocenters. The van der Waals surface area contributed by atoms with E-state index in [4.69, 9.17) is 5.53 Å². The fourth-order valence-electron chi connectivity index (χ4n) is 0.435. The second kappa shape index (κ2) is 3.23. The maximum absolute atomic E-state index is 10.7.